The van der Waals surface area contributed by atoms with Crippen molar-refractivity contribution in [2.45, 2.75) is 38.5 Å². The van der Waals surface area contributed by atoms with E-state index in [4.69, 9.17) is 15.2 Å². The molecule has 138 valence electrons. The molecule has 3 N–H and O–H groups in total. The topological polar surface area (TPSA) is 93.9 Å². The minimum atomic E-state index is -0.533. The van der Waals surface area contributed by atoms with Crippen LogP contribution in [0.3, 0.4) is 0 Å². The maximum atomic E-state index is 12.3. The van der Waals surface area contributed by atoms with Crippen molar-refractivity contribution in [2.24, 2.45) is 5.73 Å². The first-order valence-electron chi connectivity index (χ1n) is 8.53. The average molecular weight is 349 g/mol. The molecular weight excluding hydrogens is 322 g/mol. The molecule has 1 saturated heterocycles. The minimum Gasteiger partial charge on any atom is -0.497 e. The fourth-order valence-electron chi connectivity index (χ4n) is 2.83. The quantitative estimate of drug-likeness (QED) is 0.719. The van der Waals surface area contributed by atoms with Crippen LogP contribution in [-0.4, -0.2) is 55.6 Å². The predicted octanol–water partition coefficient (Wildman–Crippen LogP) is 0.666. The molecule has 0 bridgehead atoms. The highest BCUT2D eigenvalue weighted by Crippen LogP contribution is 2.14. The molecule has 1 aromatic carbocycles. The number of hydrogen-bond donors (Lipinski definition) is 2. The summed E-state index contributed by atoms with van der Waals surface area (Å²) in [7, 11) is 1.62. The largest absolute Gasteiger partial charge is 0.497 e. The third kappa shape index (κ3) is 6.36. The number of nitrogens with zero attached hydrogens (tertiary/aromatic N) is 1. The molecule has 25 heavy (non-hydrogen) atoms. The van der Waals surface area contributed by atoms with Crippen molar-refractivity contribution < 1.29 is 19.1 Å². The van der Waals surface area contributed by atoms with Crippen LogP contribution in [0.1, 0.15) is 25.3 Å². The second-order valence-corrected chi connectivity index (χ2v) is 6.33. The van der Waals surface area contributed by atoms with Crippen LogP contribution >= 0.6 is 0 Å². The summed E-state index contributed by atoms with van der Waals surface area (Å²) < 4.78 is 10.8. The maximum Gasteiger partial charge on any atom is 0.249 e. The molecule has 2 amide bonds. The smallest absolute Gasteiger partial charge is 0.249 e. The molecule has 0 spiro atoms. The third-order valence-corrected chi connectivity index (χ3v) is 4.32. The van der Waals surface area contributed by atoms with Gasteiger partial charge in [0.05, 0.1) is 20.3 Å². The molecule has 1 fully saturated rings. The van der Waals surface area contributed by atoms with E-state index in [9.17, 15) is 9.59 Å². The van der Waals surface area contributed by atoms with Crippen LogP contribution in [0, 0.1) is 0 Å². The Morgan fingerprint density at radius 1 is 1.36 bits per heavy atom. The Hall–Kier alpha value is -2.12. The number of ether oxygens (including phenoxy) is 2. The second kappa shape index (κ2) is 9.39. The average Bonchev–Trinajstić information content (AvgIpc) is 2.61. The van der Waals surface area contributed by atoms with Gasteiger partial charge in [-0.3, -0.25) is 14.5 Å². The van der Waals surface area contributed by atoms with Crippen LogP contribution in [0.4, 0.5) is 0 Å². The van der Waals surface area contributed by atoms with Gasteiger partial charge >= 0.3 is 0 Å². The molecule has 0 saturated carbocycles. The normalized spacial score (nSPS) is 17.0. The Balaban J connectivity index is 1.72. The Morgan fingerprint density at radius 2 is 2.08 bits per heavy atom. The van der Waals surface area contributed by atoms with E-state index in [0.29, 0.717) is 6.61 Å². The zero-order valence-corrected chi connectivity index (χ0v) is 14.9. The number of nitrogens with one attached hydrogen (secondary N) is 1. The number of benzene rings is 1. The van der Waals surface area contributed by atoms with Gasteiger partial charge in [-0.05, 0) is 37.5 Å². The predicted molar refractivity (Wildman–Crippen MR) is 94.0 cm³/mol. The summed E-state index contributed by atoms with van der Waals surface area (Å²) in [6, 6.07) is 7.69. The van der Waals surface area contributed by atoms with Crippen molar-refractivity contribution in [2.75, 3.05) is 26.7 Å². The SMILES string of the molecule is COc1cccc(CO[C@H](C)C(=O)NC2CCN(CC(N)=O)CC2)c1. The van der Waals surface area contributed by atoms with Crippen molar-refractivity contribution >= 4 is 11.8 Å². The number of nitrogens with two attached hydrogens (primary N) is 1. The zero-order valence-electron chi connectivity index (χ0n) is 14.9. The lowest BCUT2D eigenvalue weighted by Crippen LogP contribution is -2.48. The molecule has 1 atom stereocenters. The summed E-state index contributed by atoms with van der Waals surface area (Å²) in [6.45, 7) is 3.89. The molecule has 1 aliphatic rings. The summed E-state index contributed by atoms with van der Waals surface area (Å²) in [5.74, 6) is 0.333. The summed E-state index contributed by atoms with van der Waals surface area (Å²) in [4.78, 5) is 25.2. The lowest BCUT2D eigenvalue weighted by atomic mass is 10.0. The number of piperidine rings is 1. The molecule has 2 rings (SSSR count). The standard InChI is InChI=1S/C18H27N3O4/c1-13(25-12-14-4-3-5-16(10-14)24-2)18(23)20-15-6-8-21(9-7-15)11-17(19)22/h3-5,10,13,15H,6-9,11-12H2,1-2H3,(H2,19,22)(H,20,23)/t13-/m1/s1. The number of amides is 2. The maximum absolute atomic E-state index is 12.3. The first-order chi connectivity index (χ1) is 12.0. The fraction of sp³-hybridized carbons (Fsp3) is 0.556. The molecule has 0 unspecified atom stereocenters. The fourth-order valence-corrected chi connectivity index (χ4v) is 2.83. The molecule has 7 nitrogen and oxygen atoms in total. The van der Waals surface area contributed by atoms with Crippen molar-refractivity contribution in [3.63, 3.8) is 0 Å². The molecule has 0 aliphatic carbocycles. The van der Waals surface area contributed by atoms with E-state index in [2.05, 4.69) is 5.32 Å². The van der Waals surface area contributed by atoms with Crippen LogP contribution in [0.25, 0.3) is 0 Å². The summed E-state index contributed by atoms with van der Waals surface area (Å²) in [5, 5.41) is 3.02. The van der Waals surface area contributed by atoms with Gasteiger partial charge in [0.1, 0.15) is 11.9 Å². The summed E-state index contributed by atoms with van der Waals surface area (Å²) >= 11 is 0. The van der Waals surface area contributed by atoms with Crippen LogP contribution < -0.4 is 15.8 Å². The number of carbonyl (C=O) groups is 2. The van der Waals surface area contributed by atoms with Gasteiger partial charge in [-0.1, -0.05) is 12.1 Å². The Labute approximate surface area is 148 Å². The van der Waals surface area contributed by atoms with Gasteiger partial charge < -0.3 is 20.5 Å². The first-order valence-corrected chi connectivity index (χ1v) is 8.53. The second-order valence-electron chi connectivity index (χ2n) is 6.33. The van der Waals surface area contributed by atoms with E-state index in [-0.39, 0.29) is 24.4 Å². The van der Waals surface area contributed by atoms with Crippen molar-refractivity contribution in [1.29, 1.82) is 0 Å². The summed E-state index contributed by atoms with van der Waals surface area (Å²) in [5.41, 5.74) is 6.16. The lowest BCUT2D eigenvalue weighted by molar-refractivity contribution is -0.133. The van der Waals surface area contributed by atoms with Crippen molar-refractivity contribution in [3.05, 3.63) is 29.8 Å². The highest BCUT2D eigenvalue weighted by molar-refractivity contribution is 5.80. The number of methoxy groups -OCH3 is 1. The van der Waals surface area contributed by atoms with Gasteiger partial charge in [0.2, 0.25) is 11.8 Å². The first kappa shape index (κ1) is 19.2. The molecule has 1 heterocycles. The van der Waals surface area contributed by atoms with E-state index < -0.39 is 6.10 Å². The monoisotopic (exact) mass is 349 g/mol. The van der Waals surface area contributed by atoms with Gasteiger partial charge in [-0.2, -0.15) is 0 Å². The van der Waals surface area contributed by atoms with Gasteiger partial charge in [0, 0.05) is 19.1 Å². The highest BCUT2D eigenvalue weighted by atomic mass is 16.5. The van der Waals surface area contributed by atoms with Crippen LogP contribution in [0.2, 0.25) is 0 Å². The van der Waals surface area contributed by atoms with Crippen LogP contribution in [0.15, 0.2) is 24.3 Å². The molecule has 1 aliphatic heterocycles. The van der Waals surface area contributed by atoms with Gasteiger partial charge in [-0.25, -0.2) is 0 Å². The van der Waals surface area contributed by atoms with Crippen molar-refractivity contribution in [3.8, 4) is 5.75 Å². The number of rotatable bonds is 8. The molecule has 0 aromatic heterocycles. The third-order valence-electron chi connectivity index (χ3n) is 4.32. The molecule has 7 heteroatoms. The molecule has 0 radical (unpaired) electrons. The van der Waals surface area contributed by atoms with E-state index in [1.54, 1.807) is 14.0 Å². The van der Waals surface area contributed by atoms with Crippen LogP contribution in [0.5, 0.6) is 5.75 Å². The van der Waals surface area contributed by atoms with Gasteiger partial charge in [0.15, 0.2) is 0 Å². The Kier molecular flexibility index (Phi) is 7.21. The number of hydrogen-bond acceptors (Lipinski definition) is 5. The molecule has 1 aromatic rings. The summed E-state index contributed by atoms with van der Waals surface area (Å²) in [6.07, 6.45) is 1.08. The van der Waals surface area contributed by atoms with E-state index in [1.165, 1.54) is 0 Å². The highest BCUT2D eigenvalue weighted by Gasteiger charge is 2.23. The van der Waals surface area contributed by atoms with Crippen molar-refractivity contribution in [1.82, 2.24) is 10.2 Å². The lowest BCUT2D eigenvalue weighted by Gasteiger charge is -2.32. The Bertz CT molecular complexity index is 585. The minimum absolute atomic E-state index is 0.111. The number of carbonyl (C=O) groups excluding carboxylic acids is 2. The van der Waals surface area contributed by atoms with Gasteiger partial charge in [0.25, 0.3) is 0 Å². The van der Waals surface area contributed by atoms with E-state index in [0.717, 1.165) is 37.2 Å². The molecular formula is C18H27N3O4. The number of likely N-dealkylation sites (tertiary alicyclic amines) is 1. The van der Waals surface area contributed by atoms with E-state index in [1.807, 2.05) is 29.2 Å². The van der Waals surface area contributed by atoms with Gasteiger partial charge in [-0.15, -0.1) is 0 Å². The Morgan fingerprint density at radius 3 is 2.72 bits per heavy atom. The van der Waals surface area contributed by atoms with Crippen LogP contribution in [-0.2, 0) is 20.9 Å². The number of primary amides is 1. The zero-order chi connectivity index (χ0) is 18.2. The van der Waals surface area contributed by atoms with E-state index >= 15 is 0 Å².